The lowest BCUT2D eigenvalue weighted by Crippen LogP contribution is -1.78. The molecule has 0 radical (unpaired) electrons. The third-order valence-corrected chi connectivity index (χ3v) is 1.62. The van der Waals surface area contributed by atoms with Crippen molar-refractivity contribution in [3.05, 3.63) is 41.5 Å². The van der Waals surface area contributed by atoms with Gasteiger partial charge in [0.05, 0.1) is 0 Å². The van der Waals surface area contributed by atoms with Gasteiger partial charge in [-0.05, 0) is 12.0 Å². The Kier molecular flexibility index (Phi) is 7.43. The summed E-state index contributed by atoms with van der Waals surface area (Å²) in [4.78, 5) is 10.3. The minimum Gasteiger partial charge on any atom is -0.298 e. The van der Waals surface area contributed by atoms with Crippen molar-refractivity contribution in [3.8, 4) is 0 Å². The molecule has 0 aliphatic rings. The van der Waals surface area contributed by atoms with E-state index in [1.54, 1.807) is 0 Å². The molecule has 0 spiro atoms. The average molecular weight is 190 g/mol. The number of aldehydes is 1. The van der Waals surface area contributed by atoms with E-state index in [2.05, 4.69) is 19.1 Å². The summed E-state index contributed by atoms with van der Waals surface area (Å²) in [5, 5.41) is 0. The number of benzene rings is 1. The molecule has 0 heterocycles. The minimum atomic E-state index is 0.726. The third kappa shape index (κ3) is 4.61. The van der Waals surface area contributed by atoms with E-state index in [0.29, 0.717) is 0 Å². The third-order valence-electron chi connectivity index (χ3n) is 1.62. The minimum absolute atomic E-state index is 0.726. The van der Waals surface area contributed by atoms with Crippen molar-refractivity contribution in [3.63, 3.8) is 0 Å². The van der Waals surface area contributed by atoms with Crippen LogP contribution in [0.5, 0.6) is 0 Å². The summed E-state index contributed by atoms with van der Waals surface area (Å²) in [6, 6.07) is 7.52. The molecule has 0 bridgehead atoms. The maximum absolute atomic E-state index is 10.3. The van der Waals surface area contributed by atoms with Crippen molar-refractivity contribution in [2.24, 2.45) is 0 Å². The van der Waals surface area contributed by atoms with Crippen LogP contribution in [0.25, 0.3) is 6.08 Å². The molecule has 1 aromatic carbocycles. The van der Waals surface area contributed by atoms with E-state index in [4.69, 9.17) is 0 Å². The first kappa shape index (κ1) is 12.6. The Morgan fingerprint density at radius 1 is 1.07 bits per heavy atom. The number of allylic oxidation sites excluding steroid dienone is 1. The van der Waals surface area contributed by atoms with Gasteiger partial charge >= 0.3 is 0 Å². The Hall–Kier alpha value is -1.37. The van der Waals surface area contributed by atoms with Crippen LogP contribution in [0.15, 0.2) is 30.3 Å². The predicted molar refractivity (Wildman–Crippen MR) is 62.5 cm³/mol. The molecule has 1 rings (SSSR count). The molecule has 1 heteroatoms. The van der Waals surface area contributed by atoms with Gasteiger partial charge in [0.2, 0.25) is 0 Å². The molecule has 0 amide bonds. The first-order valence-corrected chi connectivity index (χ1v) is 5.08. The molecule has 0 fully saturated rings. The lowest BCUT2D eigenvalue weighted by molar-refractivity contribution is 0.112. The van der Waals surface area contributed by atoms with Gasteiger partial charge in [0, 0.05) is 5.56 Å². The summed E-state index contributed by atoms with van der Waals surface area (Å²) in [5.41, 5.74) is 1.87. The molecule has 0 saturated heterocycles. The van der Waals surface area contributed by atoms with E-state index >= 15 is 0 Å². The molecular formula is C13H18O. The van der Waals surface area contributed by atoms with E-state index in [9.17, 15) is 4.79 Å². The second-order valence-corrected chi connectivity index (χ2v) is 2.60. The number of carbonyl (C=O) groups is 1. The number of hydrogen-bond acceptors (Lipinski definition) is 1. The zero-order valence-electron chi connectivity index (χ0n) is 9.16. The van der Waals surface area contributed by atoms with Gasteiger partial charge in [0.25, 0.3) is 0 Å². The van der Waals surface area contributed by atoms with Crippen molar-refractivity contribution in [2.45, 2.75) is 27.2 Å². The van der Waals surface area contributed by atoms with Crippen LogP contribution in [0.4, 0.5) is 0 Å². The van der Waals surface area contributed by atoms with Crippen LogP contribution in [0.1, 0.15) is 43.1 Å². The highest BCUT2D eigenvalue weighted by molar-refractivity contribution is 5.75. The summed E-state index contributed by atoms with van der Waals surface area (Å²) in [7, 11) is 0. The number of rotatable bonds is 3. The monoisotopic (exact) mass is 190 g/mol. The zero-order chi connectivity index (χ0) is 10.8. The van der Waals surface area contributed by atoms with Gasteiger partial charge in [-0.3, -0.25) is 4.79 Å². The van der Waals surface area contributed by atoms with Crippen LogP contribution in [-0.2, 0) is 0 Å². The molecule has 14 heavy (non-hydrogen) atoms. The van der Waals surface area contributed by atoms with E-state index in [0.717, 1.165) is 23.8 Å². The van der Waals surface area contributed by atoms with Gasteiger partial charge in [-0.1, -0.05) is 57.2 Å². The van der Waals surface area contributed by atoms with Crippen molar-refractivity contribution in [2.75, 3.05) is 0 Å². The molecule has 0 aliphatic heterocycles. The topological polar surface area (TPSA) is 17.1 Å². The molecule has 0 aliphatic carbocycles. The first-order valence-electron chi connectivity index (χ1n) is 5.08. The molecule has 1 aromatic rings. The Morgan fingerprint density at radius 2 is 1.57 bits per heavy atom. The fourth-order valence-corrected chi connectivity index (χ4v) is 0.940. The van der Waals surface area contributed by atoms with Gasteiger partial charge in [0.15, 0.2) is 0 Å². The SMILES string of the molecule is CC.CC/C=C/c1ccc(C=O)cc1. The van der Waals surface area contributed by atoms with Gasteiger partial charge in [-0.15, -0.1) is 0 Å². The highest BCUT2D eigenvalue weighted by atomic mass is 16.1. The van der Waals surface area contributed by atoms with Crippen LogP contribution < -0.4 is 0 Å². The van der Waals surface area contributed by atoms with Crippen LogP contribution in [-0.4, -0.2) is 6.29 Å². The molecule has 0 aromatic heterocycles. The second kappa shape index (κ2) is 8.24. The van der Waals surface area contributed by atoms with Crippen molar-refractivity contribution in [1.29, 1.82) is 0 Å². The number of carbonyl (C=O) groups excluding carboxylic acids is 1. The van der Waals surface area contributed by atoms with Crippen LogP contribution in [0.3, 0.4) is 0 Å². The van der Waals surface area contributed by atoms with Crippen molar-refractivity contribution < 1.29 is 4.79 Å². The van der Waals surface area contributed by atoms with Gasteiger partial charge < -0.3 is 0 Å². The Bertz CT molecular complexity index is 270. The zero-order valence-corrected chi connectivity index (χ0v) is 9.16. The molecule has 76 valence electrons. The normalized spacial score (nSPS) is 9.36. The maximum atomic E-state index is 10.3. The average Bonchev–Trinajstić information content (AvgIpc) is 2.30. The fraction of sp³-hybridized carbons (Fsp3) is 0.308. The largest absolute Gasteiger partial charge is 0.298 e. The molecule has 0 N–H and O–H groups in total. The van der Waals surface area contributed by atoms with Crippen LogP contribution in [0, 0.1) is 0 Å². The van der Waals surface area contributed by atoms with E-state index in [1.807, 2.05) is 38.1 Å². The lowest BCUT2D eigenvalue weighted by Gasteiger charge is -1.92. The van der Waals surface area contributed by atoms with E-state index in [-0.39, 0.29) is 0 Å². The molecule has 0 unspecified atom stereocenters. The maximum Gasteiger partial charge on any atom is 0.150 e. The molecule has 0 saturated carbocycles. The smallest absolute Gasteiger partial charge is 0.150 e. The molecule has 0 atom stereocenters. The predicted octanol–water partition coefficient (Wildman–Crippen LogP) is 3.95. The van der Waals surface area contributed by atoms with Crippen LogP contribution in [0.2, 0.25) is 0 Å². The lowest BCUT2D eigenvalue weighted by atomic mass is 10.1. The summed E-state index contributed by atoms with van der Waals surface area (Å²) < 4.78 is 0. The summed E-state index contributed by atoms with van der Waals surface area (Å²) in [6.07, 6.45) is 6.03. The Labute approximate surface area is 86.5 Å². The van der Waals surface area contributed by atoms with Gasteiger partial charge in [-0.2, -0.15) is 0 Å². The molecular weight excluding hydrogens is 172 g/mol. The van der Waals surface area contributed by atoms with Crippen molar-refractivity contribution in [1.82, 2.24) is 0 Å². The van der Waals surface area contributed by atoms with Gasteiger partial charge in [0.1, 0.15) is 6.29 Å². The van der Waals surface area contributed by atoms with E-state index < -0.39 is 0 Å². The Morgan fingerprint density at radius 3 is 2.00 bits per heavy atom. The van der Waals surface area contributed by atoms with E-state index in [1.165, 1.54) is 0 Å². The quantitative estimate of drug-likeness (QED) is 0.659. The van der Waals surface area contributed by atoms with Crippen LogP contribution >= 0.6 is 0 Å². The summed E-state index contributed by atoms with van der Waals surface area (Å²) >= 11 is 0. The highest BCUT2D eigenvalue weighted by Crippen LogP contribution is 2.04. The number of hydrogen-bond donors (Lipinski definition) is 0. The first-order chi connectivity index (χ1) is 6.86. The summed E-state index contributed by atoms with van der Waals surface area (Å²) in [6.45, 7) is 6.09. The molecule has 1 nitrogen and oxygen atoms in total. The highest BCUT2D eigenvalue weighted by Gasteiger charge is 1.87. The van der Waals surface area contributed by atoms with Gasteiger partial charge in [-0.25, -0.2) is 0 Å². The standard InChI is InChI=1S/C11H12O.C2H6/c1-2-3-4-10-5-7-11(9-12)8-6-10;1-2/h3-9H,2H2,1H3;1-2H3/b4-3+;. The second-order valence-electron chi connectivity index (χ2n) is 2.60. The summed E-state index contributed by atoms with van der Waals surface area (Å²) in [5.74, 6) is 0. The fourth-order valence-electron chi connectivity index (χ4n) is 0.940. The Balaban J connectivity index is 0.000000791. The van der Waals surface area contributed by atoms with Crippen molar-refractivity contribution >= 4 is 12.4 Å².